The minimum Gasteiger partial charge on any atom is -0.553 e. The highest BCUT2D eigenvalue weighted by atomic mass is 17.2. The van der Waals surface area contributed by atoms with Crippen molar-refractivity contribution in [2.45, 2.75) is 110 Å². The Morgan fingerprint density at radius 1 is 0.720 bits per heavy atom. The number of quaternary nitrogens is 1. The Hall–Kier alpha value is -0.720. The number of hydrogen-bond acceptors (Lipinski definition) is 5. The molecule has 0 saturated carbocycles. The van der Waals surface area contributed by atoms with Gasteiger partial charge in [0, 0.05) is 11.4 Å². The number of unbranched alkanes of at least 4 members (excludes halogenated alkanes) is 13. The minimum absolute atomic E-state index is 0.122. The molecule has 1 unspecified atom stereocenters. The van der Waals surface area contributed by atoms with Gasteiger partial charge in [0.15, 0.2) is 6.54 Å². The van der Waals surface area contributed by atoms with Gasteiger partial charge < -0.3 is 5.21 Å². The molecule has 25 heavy (non-hydrogen) atoms. The fraction of sp³-hybridized carbons (Fsp3) is 1.00. The van der Waals surface area contributed by atoms with Crippen LogP contribution in [0.2, 0.25) is 0 Å². The summed E-state index contributed by atoms with van der Waals surface area (Å²) in [6.07, 6.45) is 17.1. The topological polar surface area (TPSA) is 70.9 Å². The lowest BCUT2D eigenvalue weighted by Gasteiger charge is -2.30. The monoisotopic (exact) mass is 360 g/mol. The summed E-state index contributed by atoms with van der Waals surface area (Å²) >= 11 is 0. The Kier molecular flexibility index (Phi) is 17.6. The summed E-state index contributed by atoms with van der Waals surface area (Å²) in [6.45, 7) is 4.84. The summed E-state index contributed by atoms with van der Waals surface area (Å²) < 4.78 is 0. The number of hydrogen-bond donors (Lipinski definition) is 0. The van der Waals surface area contributed by atoms with Crippen molar-refractivity contribution in [3.63, 3.8) is 0 Å². The average molecular weight is 361 g/mol. The van der Waals surface area contributed by atoms with Crippen LogP contribution < -0.4 is 0 Å². The number of hydroxylamine groups is 3. The first kappa shape index (κ1) is 24.3. The van der Waals surface area contributed by atoms with Crippen LogP contribution in [0.15, 0.2) is 5.34 Å². The van der Waals surface area contributed by atoms with E-state index in [4.69, 9.17) is 4.84 Å². The molecule has 0 amide bonds. The van der Waals surface area contributed by atoms with E-state index in [0.29, 0.717) is 13.0 Å². The lowest BCUT2D eigenvalue weighted by Crippen LogP contribution is -2.41. The Labute approximate surface area is 154 Å². The van der Waals surface area contributed by atoms with Gasteiger partial charge in [0.2, 0.25) is 5.34 Å². The molecule has 1 atom stereocenters. The molecular formula is C19H40N2O4. The molecule has 0 aromatic rings. The van der Waals surface area contributed by atoms with E-state index in [1.165, 1.54) is 57.8 Å². The van der Waals surface area contributed by atoms with E-state index in [9.17, 15) is 10.1 Å². The highest BCUT2D eigenvalue weighted by Crippen LogP contribution is 2.15. The largest absolute Gasteiger partial charge is 0.553 e. The molecule has 0 bridgehead atoms. The quantitative estimate of drug-likeness (QED) is 0.104. The summed E-state index contributed by atoms with van der Waals surface area (Å²) in [7, 11) is 0. The van der Waals surface area contributed by atoms with Crippen molar-refractivity contribution in [1.29, 1.82) is 0 Å². The summed E-state index contributed by atoms with van der Waals surface area (Å²) in [5.74, 6) is 0. The third kappa shape index (κ3) is 16.5. The first-order valence-corrected chi connectivity index (χ1v) is 10.4. The van der Waals surface area contributed by atoms with Crippen molar-refractivity contribution < 1.29 is 14.7 Å². The van der Waals surface area contributed by atoms with Crippen LogP contribution in [0.25, 0.3) is 0 Å². The average Bonchev–Trinajstić information content (AvgIpc) is 2.60. The second-order valence-electron chi connectivity index (χ2n) is 6.92. The van der Waals surface area contributed by atoms with Gasteiger partial charge in [0.25, 0.3) is 0 Å². The summed E-state index contributed by atoms with van der Waals surface area (Å²) in [5, 5.41) is 14.5. The Morgan fingerprint density at radius 3 is 1.64 bits per heavy atom. The Balaban J connectivity index is 3.68. The zero-order chi connectivity index (χ0) is 18.6. The van der Waals surface area contributed by atoms with E-state index in [0.717, 1.165) is 32.1 Å². The van der Waals surface area contributed by atoms with Crippen LogP contribution in [0.5, 0.6) is 0 Å². The molecule has 0 rings (SSSR count). The number of nitrogens with zero attached hydrogens (tertiary/aromatic N) is 2. The molecule has 0 heterocycles. The molecular weight excluding hydrogens is 320 g/mol. The van der Waals surface area contributed by atoms with E-state index in [2.05, 4.69) is 24.1 Å². The van der Waals surface area contributed by atoms with Gasteiger partial charge in [-0.05, 0) is 12.8 Å². The molecule has 0 fully saturated rings. The molecule has 0 N–H and O–H groups in total. The molecule has 0 saturated heterocycles. The van der Waals surface area contributed by atoms with Crippen molar-refractivity contribution in [2.24, 2.45) is 5.34 Å². The maximum absolute atomic E-state index is 12.2. The fourth-order valence-corrected chi connectivity index (χ4v) is 2.88. The zero-order valence-corrected chi connectivity index (χ0v) is 16.5. The lowest BCUT2D eigenvalue weighted by molar-refractivity contribution is -1.22. The predicted molar refractivity (Wildman–Crippen MR) is 102 cm³/mol. The molecule has 0 aliphatic carbocycles. The standard InChI is InChI=1S/C19H40N2O4/c1-3-5-7-9-11-12-14-16-18-21(23,25-20-22)24-19-17-15-13-10-8-6-4-2/h3-19H2,1-2H3. The molecule has 6 heteroatoms. The van der Waals surface area contributed by atoms with E-state index < -0.39 is 4.97 Å². The SMILES string of the molecule is CCCCCCCCCC[N+]([O-])(OCCCCCCCCC)ON=O. The smallest absolute Gasteiger partial charge is 0.217 e. The van der Waals surface area contributed by atoms with Crippen LogP contribution in [0.4, 0.5) is 0 Å². The predicted octanol–water partition coefficient (Wildman–Crippen LogP) is 6.74. The van der Waals surface area contributed by atoms with Gasteiger partial charge in [0.05, 0.1) is 0 Å². The van der Waals surface area contributed by atoms with Gasteiger partial charge in [-0.25, -0.2) is 0 Å². The van der Waals surface area contributed by atoms with Crippen molar-refractivity contribution in [2.75, 3.05) is 13.2 Å². The second-order valence-corrected chi connectivity index (χ2v) is 6.92. The Bertz CT molecular complexity index is 271. The van der Waals surface area contributed by atoms with Crippen molar-refractivity contribution in [1.82, 2.24) is 0 Å². The lowest BCUT2D eigenvalue weighted by atomic mass is 10.1. The molecule has 150 valence electrons. The molecule has 0 spiro atoms. The molecule has 0 aromatic carbocycles. The molecule has 0 aliphatic rings. The molecule has 0 aromatic heterocycles. The van der Waals surface area contributed by atoms with Crippen LogP contribution in [0.3, 0.4) is 0 Å². The summed E-state index contributed by atoms with van der Waals surface area (Å²) in [4.78, 5) is 18.5. The van der Waals surface area contributed by atoms with Crippen LogP contribution >= 0.6 is 0 Å². The first-order chi connectivity index (χ1) is 12.2. The van der Waals surface area contributed by atoms with Gasteiger partial charge in [-0.1, -0.05) is 90.9 Å². The van der Waals surface area contributed by atoms with E-state index in [1.807, 2.05) is 0 Å². The molecule has 0 aliphatic heterocycles. The normalized spacial score (nSPS) is 13.6. The van der Waals surface area contributed by atoms with Crippen LogP contribution in [0, 0.1) is 10.1 Å². The molecule has 6 nitrogen and oxygen atoms in total. The van der Waals surface area contributed by atoms with Crippen molar-refractivity contribution in [3.8, 4) is 0 Å². The highest BCUT2D eigenvalue weighted by molar-refractivity contribution is 4.46. The first-order valence-electron chi connectivity index (χ1n) is 10.4. The fourth-order valence-electron chi connectivity index (χ4n) is 2.88. The van der Waals surface area contributed by atoms with Crippen LogP contribution in [-0.4, -0.2) is 18.1 Å². The maximum atomic E-state index is 12.2. The van der Waals surface area contributed by atoms with Crippen LogP contribution in [-0.2, 0) is 9.78 Å². The van der Waals surface area contributed by atoms with Gasteiger partial charge in [-0.15, -0.1) is 9.85 Å². The van der Waals surface area contributed by atoms with E-state index in [1.54, 1.807) is 0 Å². The summed E-state index contributed by atoms with van der Waals surface area (Å²) in [6, 6.07) is 0. The zero-order valence-electron chi connectivity index (χ0n) is 16.5. The van der Waals surface area contributed by atoms with Gasteiger partial charge >= 0.3 is 0 Å². The third-order valence-corrected chi connectivity index (χ3v) is 4.48. The van der Waals surface area contributed by atoms with Crippen LogP contribution in [0.1, 0.15) is 110 Å². The Morgan fingerprint density at radius 2 is 1.16 bits per heavy atom. The van der Waals surface area contributed by atoms with Gasteiger partial charge in [-0.2, -0.15) is 4.84 Å². The minimum atomic E-state index is -1.39. The van der Waals surface area contributed by atoms with Gasteiger partial charge in [0.1, 0.15) is 6.61 Å². The molecule has 0 radical (unpaired) electrons. The van der Waals surface area contributed by atoms with Crippen molar-refractivity contribution in [3.05, 3.63) is 10.1 Å². The third-order valence-electron chi connectivity index (χ3n) is 4.48. The van der Waals surface area contributed by atoms with E-state index >= 15 is 0 Å². The maximum Gasteiger partial charge on any atom is 0.217 e. The highest BCUT2D eigenvalue weighted by Gasteiger charge is 2.22. The number of rotatable bonds is 20. The van der Waals surface area contributed by atoms with Crippen molar-refractivity contribution >= 4 is 0 Å². The van der Waals surface area contributed by atoms with E-state index in [-0.39, 0.29) is 6.54 Å². The van der Waals surface area contributed by atoms with Gasteiger partial charge in [-0.3, -0.25) is 0 Å². The summed E-state index contributed by atoms with van der Waals surface area (Å²) in [5.41, 5.74) is 0. The second kappa shape index (κ2) is 18.1.